The van der Waals surface area contributed by atoms with Gasteiger partial charge >= 0.3 is 0 Å². The number of ketones is 1. The van der Waals surface area contributed by atoms with Crippen LogP contribution in [0, 0.1) is 5.92 Å². The highest BCUT2D eigenvalue weighted by atomic mass is 32.1. The molecule has 0 fully saturated rings. The molecule has 122 valence electrons. The van der Waals surface area contributed by atoms with E-state index in [2.05, 4.69) is 5.32 Å². The van der Waals surface area contributed by atoms with Gasteiger partial charge in [0.25, 0.3) is 0 Å². The molecule has 0 radical (unpaired) electrons. The Bertz CT molecular complexity index is 511. The maximum atomic E-state index is 12.2. The van der Waals surface area contributed by atoms with Crippen LogP contribution in [0.1, 0.15) is 43.3 Å². The quantitative estimate of drug-likeness (QED) is 0.746. The third-order valence-corrected chi connectivity index (χ3v) is 4.39. The number of thiophene rings is 1. The van der Waals surface area contributed by atoms with E-state index in [1.165, 1.54) is 11.3 Å². The van der Waals surface area contributed by atoms with Gasteiger partial charge in [-0.05, 0) is 24.3 Å². The number of likely N-dealkylation sites (N-methyl/N-ethyl adjacent to an activating group) is 1. The number of hydrogen-bond acceptors (Lipinski definition) is 4. The first kappa shape index (κ1) is 18.4. The van der Waals surface area contributed by atoms with Gasteiger partial charge < -0.3 is 10.2 Å². The second-order valence-corrected chi connectivity index (χ2v) is 6.49. The van der Waals surface area contributed by atoms with Crippen LogP contribution >= 0.6 is 11.3 Å². The van der Waals surface area contributed by atoms with Crippen LogP contribution in [0.2, 0.25) is 0 Å². The number of carbonyl (C=O) groups is 3. The third kappa shape index (κ3) is 5.26. The van der Waals surface area contributed by atoms with E-state index in [1.54, 1.807) is 18.0 Å². The van der Waals surface area contributed by atoms with E-state index in [-0.39, 0.29) is 36.4 Å². The number of Topliss-reactive ketones (excluding diaryl/α,β-unsaturated/α-hetero) is 1. The summed E-state index contributed by atoms with van der Waals surface area (Å²) < 4.78 is 0. The van der Waals surface area contributed by atoms with Gasteiger partial charge in [0.05, 0.1) is 4.88 Å². The number of rotatable bonds is 8. The molecular formula is C16H24N2O3S. The molecule has 0 unspecified atom stereocenters. The monoisotopic (exact) mass is 324 g/mol. The van der Waals surface area contributed by atoms with Crippen LogP contribution in [0.25, 0.3) is 0 Å². The zero-order valence-corrected chi connectivity index (χ0v) is 14.4. The van der Waals surface area contributed by atoms with Gasteiger partial charge in [-0.2, -0.15) is 0 Å². The molecule has 1 N–H and O–H groups in total. The van der Waals surface area contributed by atoms with Crippen LogP contribution in [-0.2, 0) is 9.59 Å². The van der Waals surface area contributed by atoms with Crippen LogP contribution < -0.4 is 5.32 Å². The number of hydrogen-bond donors (Lipinski definition) is 1. The molecule has 6 heteroatoms. The molecule has 1 rings (SSSR count). The van der Waals surface area contributed by atoms with Crippen molar-refractivity contribution in [3.8, 4) is 0 Å². The first-order valence-corrected chi connectivity index (χ1v) is 8.35. The van der Waals surface area contributed by atoms with E-state index >= 15 is 0 Å². The van der Waals surface area contributed by atoms with Crippen LogP contribution in [0.15, 0.2) is 17.5 Å². The Morgan fingerprint density at radius 2 is 1.95 bits per heavy atom. The molecule has 0 aliphatic rings. The Hall–Kier alpha value is -1.69. The average molecular weight is 324 g/mol. The fourth-order valence-electron chi connectivity index (χ4n) is 1.94. The highest BCUT2D eigenvalue weighted by Gasteiger charge is 2.26. The fourth-order valence-corrected chi connectivity index (χ4v) is 2.63. The predicted molar refractivity (Wildman–Crippen MR) is 88.0 cm³/mol. The van der Waals surface area contributed by atoms with Gasteiger partial charge in [-0.15, -0.1) is 11.3 Å². The molecule has 1 aromatic rings. The fraction of sp³-hybridized carbons (Fsp3) is 0.562. The SMILES string of the molecule is CCN(C)C(=O)[C@@H](NC(=O)CCC(=O)c1cccs1)C(C)C. The minimum atomic E-state index is -0.547. The van der Waals surface area contributed by atoms with E-state index in [0.717, 1.165) is 0 Å². The predicted octanol–water partition coefficient (Wildman–Crippen LogP) is 2.33. The number of nitrogens with zero attached hydrogens (tertiary/aromatic N) is 1. The minimum absolute atomic E-state index is 0.00144. The summed E-state index contributed by atoms with van der Waals surface area (Å²) in [4.78, 5) is 38.4. The van der Waals surface area contributed by atoms with Crippen molar-refractivity contribution in [2.75, 3.05) is 13.6 Å². The van der Waals surface area contributed by atoms with Crippen molar-refractivity contribution < 1.29 is 14.4 Å². The van der Waals surface area contributed by atoms with Crippen molar-refractivity contribution in [1.82, 2.24) is 10.2 Å². The smallest absolute Gasteiger partial charge is 0.245 e. The molecule has 0 aromatic carbocycles. The van der Waals surface area contributed by atoms with E-state index in [9.17, 15) is 14.4 Å². The summed E-state index contributed by atoms with van der Waals surface area (Å²) in [5.41, 5.74) is 0. The van der Waals surface area contributed by atoms with Gasteiger partial charge in [-0.25, -0.2) is 0 Å². The lowest BCUT2D eigenvalue weighted by molar-refractivity contribution is -0.136. The topological polar surface area (TPSA) is 66.5 Å². The van der Waals surface area contributed by atoms with Gasteiger partial charge in [-0.3, -0.25) is 14.4 Å². The molecule has 1 aromatic heterocycles. The summed E-state index contributed by atoms with van der Waals surface area (Å²) in [7, 11) is 1.71. The lowest BCUT2D eigenvalue weighted by atomic mass is 10.0. The normalized spacial score (nSPS) is 12.0. The summed E-state index contributed by atoms with van der Waals surface area (Å²) in [5.74, 6) is -0.404. The highest BCUT2D eigenvalue weighted by Crippen LogP contribution is 2.12. The van der Waals surface area contributed by atoms with Crippen molar-refractivity contribution in [3.63, 3.8) is 0 Å². The van der Waals surface area contributed by atoms with Crippen molar-refractivity contribution in [2.45, 2.75) is 39.7 Å². The molecule has 2 amide bonds. The average Bonchev–Trinajstić information content (AvgIpc) is 3.02. The zero-order valence-electron chi connectivity index (χ0n) is 13.6. The van der Waals surface area contributed by atoms with Gasteiger partial charge in [-0.1, -0.05) is 19.9 Å². The lowest BCUT2D eigenvalue weighted by Crippen LogP contribution is -2.50. The summed E-state index contributed by atoms with van der Waals surface area (Å²) in [6.07, 6.45) is 0.262. The van der Waals surface area contributed by atoms with Gasteiger partial charge in [0.15, 0.2) is 5.78 Å². The molecule has 5 nitrogen and oxygen atoms in total. The zero-order chi connectivity index (χ0) is 16.7. The molecule has 0 spiro atoms. The second kappa shape index (κ2) is 8.68. The largest absolute Gasteiger partial charge is 0.344 e. The van der Waals surface area contributed by atoms with Gasteiger partial charge in [0.1, 0.15) is 6.04 Å². The molecule has 0 saturated carbocycles. The van der Waals surface area contributed by atoms with E-state index in [4.69, 9.17) is 0 Å². The van der Waals surface area contributed by atoms with Crippen LogP contribution in [0.5, 0.6) is 0 Å². The summed E-state index contributed by atoms with van der Waals surface area (Å²) in [6, 6.07) is 3.02. The number of nitrogens with one attached hydrogen (secondary N) is 1. The van der Waals surface area contributed by atoms with E-state index in [1.807, 2.05) is 32.2 Å². The summed E-state index contributed by atoms with van der Waals surface area (Å²) in [6.45, 7) is 6.26. The van der Waals surface area contributed by atoms with Gasteiger partial charge in [0, 0.05) is 26.4 Å². The molecular weight excluding hydrogens is 300 g/mol. The molecule has 1 atom stereocenters. The van der Waals surface area contributed by atoms with Gasteiger partial charge in [0.2, 0.25) is 11.8 Å². The van der Waals surface area contributed by atoms with Crippen LogP contribution in [0.3, 0.4) is 0 Å². The minimum Gasteiger partial charge on any atom is -0.344 e. The van der Waals surface area contributed by atoms with Crippen LogP contribution in [-0.4, -0.2) is 42.1 Å². The number of carbonyl (C=O) groups excluding carboxylic acids is 3. The first-order valence-electron chi connectivity index (χ1n) is 7.47. The molecule has 0 aliphatic heterocycles. The first-order chi connectivity index (χ1) is 10.4. The maximum absolute atomic E-state index is 12.2. The Morgan fingerprint density at radius 1 is 1.27 bits per heavy atom. The molecule has 0 saturated heterocycles. The second-order valence-electron chi connectivity index (χ2n) is 5.54. The molecule has 1 heterocycles. The van der Waals surface area contributed by atoms with E-state index in [0.29, 0.717) is 11.4 Å². The van der Waals surface area contributed by atoms with Crippen molar-refractivity contribution in [1.29, 1.82) is 0 Å². The molecule has 0 bridgehead atoms. The van der Waals surface area contributed by atoms with E-state index < -0.39 is 6.04 Å². The Kier molecular flexibility index (Phi) is 7.24. The Balaban J connectivity index is 2.53. The Morgan fingerprint density at radius 3 is 2.45 bits per heavy atom. The number of amides is 2. The molecule has 22 heavy (non-hydrogen) atoms. The maximum Gasteiger partial charge on any atom is 0.245 e. The lowest BCUT2D eigenvalue weighted by Gasteiger charge is -2.26. The van der Waals surface area contributed by atoms with Crippen molar-refractivity contribution >= 4 is 28.9 Å². The summed E-state index contributed by atoms with van der Waals surface area (Å²) in [5, 5.41) is 4.59. The Labute approximate surface area is 135 Å². The van der Waals surface area contributed by atoms with Crippen molar-refractivity contribution in [2.24, 2.45) is 5.92 Å². The van der Waals surface area contributed by atoms with Crippen LogP contribution in [0.4, 0.5) is 0 Å². The molecule has 0 aliphatic carbocycles. The third-order valence-electron chi connectivity index (χ3n) is 3.47. The standard InChI is InChI=1S/C16H24N2O3S/c1-5-18(4)16(21)15(11(2)3)17-14(20)9-8-12(19)13-7-6-10-22-13/h6-7,10-11,15H,5,8-9H2,1-4H3,(H,17,20)/t15-/m0/s1. The summed E-state index contributed by atoms with van der Waals surface area (Å²) >= 11 is 1.37. The highest BCUT2D eigenvalue weighted by molar-refractivity contribution is 7.12. The van der Waals surface area contributed by atoms with Crippen molar-refractivity contribution in [3.05, 3.63) is 22.4 Å².